The normalized spacial score (nSPS) is 35.6. The molecule has 0 N–H and O–H groups in total. The second kappa shape index (κ2) is 1.70. The number of carbonyl (C=O) groups is 1. The smallest absolute Gasteiger partial charge is 0.232 e. The summed E-state index contributed by atoms with van der Waals surface area (Å²) in [5.41, 5.74) is -0.0683. The van der Waals surface area contributed by atoms with Crippen LogP contribution in [0.5, 0.6) is 0 Å². The highest BCUT2D eigenvalue weighted by Gasteiger charge is 2.56. The van der Waals surface area contributed by atoms with Crippen molar-refractivity contribution in [3.8, 4) is 0 Å². The van der Waals surface area contributed by atoms with Gasteiger partial charge in [-0.3, -0.25) is 4.79 Å². The molecule has 1 atom stereocenters. The van der Waals surface area contributed by atoms with Crippen LogP contribution in [-0.2, 0) is 4.79 Å². The maximum atomic E-state index is 11.3. The first-order valence-electron chi connectivity index (χ1n) is 3.57. The van der Waals surface area contributed by atoms with Crippen molar-refractivity contribution in [1.82, 2.24) is 4.90 Å². The highest BCUT2D eigenvalue weighted by molar-refractivity contribution is 8.00. The number of rotatable bonds is 0. The second-order valence-electron chi connectivity index (χ2n) is 3.44. The van der Waals surface area contributed by atoms with E-state index in [0.29, 0.717) is 11.3 Å². The van der Waals surface area contributed by atoms with Gasteiger partial charge in [0, 0.05) is 12.3 Å². The van der Waals surface area contributed by atoms with Crippen LogP contribution in [0.2, 0.25) is 0 Å². The maximum Gasteiger partial charge on any atom is 0.232 e. The van der Waals surface area contributed by atoms with Crippen molar-refractivity contribution in [3.63, 3.8) is 0 Å². The fourth-order valence-corrected chi connectivity index (χ4v) is 3.11. The van der Waals surface area contributed by atoms with E-state index in [2.05, 4.69) is 0 Å². The van der Waals surface area contributed by atoms with E-state index in [-0.39, 0.29) is 5.41 Å². The highest BCUT2D eigenvalue weighted by atomic mass is 32.2. The van der Waals surface area contributed by atoms with Crippen molar-refractivity contribution in [3.05, 3.63) is 0 Å². The lowest BCUT2D eigenvalue weighted by Gasteiger charge is -2.48. The minimum Gasteiger partial charge on any atom is -0.328 e. The average molecular weight is 157 g/mol. The Balaban J connectivity index is 2.23. The van der Waals surface area contributed by atoms with Gasteiger partial charge in [0.15, 0.2) is 0 Å². The van der Waals surface area contributed by atoms with Gasteiger partial charge in [-0.1, -0.05) is 0 Å². The van der Waals surface area contributed by atoms with Gasteiger partial charge in [0.25, 0.3) is 0 Å². The standard InChI is InChI=1S/C7H11NOS/c1-7(2)5(9)8-3-4-10-6(7)8/h6H,3-4H2,1-2H3/t6-/m0/s1. The lowest BCUT2D eigenvalue weighted by atomic mass is 9.83. The van der Waals surface area contributed by atoms with Crippen molar-refractivity contribution in [2.75, 3.05) is 12.3 Å². The SMILES string of the molecule is CC1(C)C(=O)N2CCS[C@H]21. The molecule has 0 radical (unpaired) electrons. The Hall–Kier alpha value is -0.180. The maximum absolute atomic E-state index is 11.3. The molecule has 2 aliphatic rings. The molecule has 0 aromatic carbocycles. The minimum atomic E-state index is -0.0683. The number of nitrogens with zero attached hydrogens (tertiary/aromatic N) is 1. The van der Waals surface area contributed by atoms with Crippen LogP contribution in [0.25, 0.3) is 0 Å². The predicted molar refractivity (Wildman–Crippen MR) is 41.7 cm³/mol. The Labute approximate surface area is 65.0 Å². The van der Waals surface area contributed by atoms with E-state index in [0.717, 1.165) is 12.3 Å². The summed E-state index contributed by atoms with van der Waals surface area (Å²) >= 11 is 1.91. The van der Waals surface area contributed by atoms with Crippen molar-refractivity contribution >= 4 is 17.7 Å². The lowest BCUT2D eigenvalue weighted by molar-refractivity contribution is -0.157. The van der Waals surface area contributed by atoms with Crippen LogP contribution in [0, 0.1) is 5.41 Å². The molecule has 2 nitrogen and oxygen atoms in total. The molecule has 56 valence electrons. The van der Waals surface area contributed by atoms with Crippen molar-refractivity contribution in [2.24, 2.45) is 5.41 Å². The molecular formula is C7H11NOS. The van der Waals surface area contributed by atoms with Crippen molar-refractivity contribution in [1.29, 1.82) is 0 Å². The Morgan fingerprint density at radius 3 is 3.00 bits per heavy atom. The third-order valence-electron chi connectivity index (χ3n) is 2.32. The second-order valence-corrected chi connectivity index (χ2v) is 4.63. The number of carbonyl (C=O) groups excluding carboxylic acids is 1. The van der Waals surface area contributed by atoms with Gasteiger partial charge in [-0.05, 0) is 13.8 Å². The lowest BCUT2D eigenvalue weighted by Crippen LogP contribution is -2.62. The quantitative estimate of drug-likeness (QED) is 0.487. The molecule has 0 aromatic rings. The number of amides is 1. The summed E-state index contributed by atoms with van der Waals surface area (Å²) in [5, 5.41) is 0.486. The zero-order valence-corrected chi connectivity index (χ0v) is 7.07. The van der Waals surface area contributed by atoms with Gasteiger partial charge < -0.3 is 4.90 Å². The van der Waals surface area contributed by atoms with E-state index in [1.807, 2.05) is 30.5 Å². The van der Waals surface area contributed by atoms with Crippen LogP contribution in [0.1, 0.15) is 13.8 Å². The van der Waals surface area contributed by atoms with Crippen LogP contribution in [0.3, 0.4) is 0 Å². The summed E-state index contributed by atoms with van der Waals surface area (Å²) < 4.78 is 0. The molecule has 1 amide bonds. The van der Waals surface area contributed by atoms with Crippen LogP contribution < -0.4 is 0 Å². The molecule has 2 heterocycles. The van der Waals surface area contributed by atoms with Gasteiger partial charge in [-0.15, -0.1) is 11.8 Å². The fraction of sp³-hybridized carbons (Fsp3) is 0.857. The molecule has 3 heteroatoms. The van der Waals surface area contributed by atoms with E-state index in [1.165, 1.54) is 0 Å². The molecule has 0 saturated carbocycles. The van der Waals surface area contributed by atoms with Gasteiger partial charge in [-0.2, -0.15) is 0 Å². The predicted octanol–water partition coefficient (Wildman–Crippen LogP) is 0.928. The van der Waals surface area contributed by atoms with Gasteiger partial charge in [0.2, 0.25) is 5.91 Å². The number of fused-ring (bicyclic) bond motifs is 1. The van der Waals surface area contributed by atoms with Crippen LogP contribution in [0.15, 0.2) is 0 Å². The largest absolute Gasteiger partial charge is 0.328 e. The zero-order valence-electron chi connectivity index (χ0n) is 6.26. The first kappa shape index (κ1) is 6.53. The van der Waals surface area contributed by atoms with E-state index in [4.69, 9.17) is 0 Å². The topological polar surface area (TPSA) is 20.3 Å². The Morgan fingerprint density at radius 1 is 1.70 bits per heavy atom. The summed E-state index contributed by atoms with van der Waals surface area (Å²) in [5.74, 6) is 1.46. The Morgan fingerprint density at radius 2 is 2.40 bits per heavy atom. The zero-order chi connectivity index (χ0) is 7.35. The van der Waals surface area contributed by atoms with Gasteiger partial charge in [0.1, 0.15) is 0 Å². The van der Waals surface area contributed by atoms with Crippen LogP contribution in [-0.4, -0.2) is 28.5 Å². The van der Waals surface area contributed by atoms with E-state index in [9.17, 15) is 4.79 Å². The van der Waals surface area contributed by atoms with E-state index >= 15 is 0 Å². The van der Waals surface area contributed by atoms with E-state index in [1.54, 1.807) is 0 Å². The molecule has 0 bridgehead atoms. The van der Waals surface area contributed by atoms with Crippen molar-refractivity contribution in [2.45, 2.75) is 19.2 Å². The molecule has 0 aliphatic carbocycles. The van der Waals surface area contributed by atoms with E-state index < -0.39 is 0 Å². The van der Waals surface area contributed by atoms with Gasteiger partial charge in [0.05, 0.1) is 10.8 Å². The molecule has 0 spiro atoms. The average Bonchev–Trinajstić information content (AvgIpc) is 2.31. The fourth-order valence-electron chi connectivity index (χ4n) is 1.69. The molecule has 2 rings (SSSR count). The molecule has 2 fully saturated rings. The number of hydrogen-bond donors (Lipinski definition) is 0. The Bertz CT molecular complexity index is 190. The highest BCUT2D eigenvalue weighted by Crippen LogP contribution is 2.48. The summed E-state index contributed by atoms with van der Waals surface area (Å²) in [6.07, 6.45) is 0. The van der Waals surface area contributed by atoms with Gasteiger partial charge in [-0.25, -0.2) is 0 Å². The monoisotopic (exact) mass is 157 g/mol. The summed E-state index contributed by atoms with van der Waals surface area (Å²) in [4.78, 5) is 13.3. The molecule has 0 unspecified atom stereocenters. The van der Waals surface area contributed by atoms with Crippen molar-refractivity contribution < 1.29 is 4.79 Å². The molecule has 0 aromatic heterocycles. The number of thioether (sulfide) groups is 1. The van der Waals surface area contributed by atoms with Crippen LogP contribution in [0.4, 0.5) is 0 Å². The Kier molecular flexibility index (Phi) is 1.11. The minimum absolute atomic E-state index is 0.0683. The molecule has 2 saturated heterocycles. The molecule has 2 aliphatic heterocycles. The number of hydrogen-bond acceptors (Lipinski definition) is 2. The first-order chi connectivity index (χ1) is 4.64. The summed E-state index contributed by atoms with van der Waals surface area (Å²) in [6, 6.07) is 0. The third kappa shape index (κ3) is 0.546. The molecule has 10 heavy (non-hydrogen) atoms. The molecular weight excluding hydrogens is 146 g/mol. The number of β-lactam (4-membered cyclic amide) rings is 1. The van der Waals surface area contributed by atoms with Gasteiger partial charge >= 0.3 is 0 Å². The first-order valence-corrected chi connectivity index (χ1v) is 4.61. The third-order valence-corrected chi connectivity index (χ3v) is 3.90. The summed E-state index contributed by atoms with van der Waals surface area (Å²) in [6.45, 7) is 5.04. The summed E-state index contributed by atoms with van der Waals surface area (Å²) in [7, 11) is 0. The van der Waals surface area contributed by atoms with Crippen LogP contribution >= 0.6 is 11.8 Å².